The molecule has 1 aromatic rings. The summed E-state index contributed by atoms with van der Waals surface area (Å²) in [6.45, 7) is 18.4. The molecule has 0 spiro atoms. The molecular weight excluding hydrogens is 576 g/mol. The molecule has 1 aromatic carbocycles. The lowest BCUT2D eigenvalue weighted by molar-refractivity contribution is -0.271. The summed E-state index contributed by atoms with van der Waals surface area (Å²) >= 11 is 0. The molecule has 10 atom stereocenters. The van der Waals surface area contributed by atoms with Crippen LogP contribution in [-0.2, 0) is 23.8 Å². The van der Waals surface area contributed by atoms with Crippen molar-refractivity contribution in [2.24, 2.45) is 56.7 Å². The number of hydrogen-bond donors (Lipinski definition) is 0. The van der Waals surface area contributed by atoms with E-state index in [1.165, 1.54) is 6.92 Å². The molecule has 0 aromatic heterocycles. The van der Waals surface area contributed by atoms with Crippen LogP contribution in [0.2, 0.25) is 0 Å². The second kappa shape index (κ2) is 11.5. The third-order valence-electron chi connectivity index (χ3n) is 14.7. The van der Waals surface area contributed by atoms with Gasteiger partial charge in [-0.05, 0) is 129 Å². The fourth-order valence-electron chi connectivity index (χ4n) is 13.2. The minimum absolute atomic E-state index is 0.0164. The fraction of sp³-hybridized carbons (Fsp3) is 0.725. The van der Waals surface area contributed by atoms with E-state index in [1.54, 1.807) is 7.11 Å². The molecule has 6 nitrogen and oxygen atoms in total. The number of hydrogen-bond acceptors (Lipinski definition) is 6. The number of esters is 3. The molecule has 0 aliphatic heterocycles. The lowest BCUT2D eigenvalue weighted by Gasteiger charge is -2.74. The van der Waals surface area contributed by atoms with Gasteiger partial charge in [-0.25, -0.2) is 4.79 Å². The monoisotopic (exact) mass is 632 g/mol. The van der Waals surface area contributed by atoms with Crippen molar-refractivity contribution in [1.29, 1.82) is 0 Å². The van der Waals surface area contributed by atoms with Crippen molar-refractivity contribution in [2.45, 2.75) is 112 Å². The smallest absolute Gasteiger partial charge is 0.338 e. The van der Waals surface area contributed by atoms with E-state index >= 15 is 0 Å². The quantitative estimate of drug-likeness (QED) is 0.178. The zero-order valence-corrected chi connectivity index (χ0v) is 29.3. The van der Waals surface area contributed by atoms with Crippen LogP contribution in [0.4, 0.5) is 0 Å². The first kappa shape index (κ1) is 33.3. The van der Waals surface area contributed by atoms with Gasteiger partial charge in [-0.15, -0.1) is 0 Å². The zero-order chi connectivity index (χ0) is 33.3. The lowest BCUT2D eigenvalue weighted by atomic mass is 9.30. The summed E-state index contributed by atoms with van der Waals surface area (Å²) in [5.41, 5.74) is 0.844. The van der Waals surface area contributed by atoms with Gasteiger partial charge in [0, 0.05) is 12.3 Å². The van der Waals surface area contributed by atoms with Crippen molar-refractivity contribution in [1.82, 2.24) is 0 Å². The van der Waals surface area contributed by atoms with E-state index in [0.717, 1.165) is 69.8 Å². The summed E-state index contributed by atoms with van der Waals surface area (Å²) in [5, 5.41) is 0. The van der Waals surface area contributed by atoms with Crippen molar-refractivity contribution >= 4 is 17.9 Å². The van der Waals surface area contributed by atoms with Gasteiger partial charge < -0.3 is 14.2 Å². The Balaban J connectivity index is 1.46. The van der Waals surface area contributed by atoms with Gasteiger partial charge in [0.2, 0.25) is 0 Å². The first-order valence-electron chi connectivity index (χ1n) is 17.8. The topological polar surface area (TPSA) is 78.9 Å². The second-order valence-electron chi connectivity index (χ2n) is 17.1. The van der Waals surface area contributed by atoms with Crippen LogP contribution in [0.3, 0.4) is 0 Å². The predicted molar refractivity (Wildman–Crippen MR) is 178 cm³/mol. The van der Waals surface area contributed by atoms with Gasteiger partial charge in [-0.1, -0.05) is 58.0 Å². The molecular formula is C40H56O6. The van der Waals surface area contributed by atoms with Gasteiger partial charge in [0.15, 0.2) is 0 Å². The molecule has 4 unspecified atom stereocenters. The van der Waals surface area contributed by atoms with E-state index in [4.69, 9.17) is 14.2 Å². The molecule has 5 saturated carbocycles. The lowest BCUT2D eigenvalue weighted by Crippen LogP contribution is -2.70. The molecule has 252 valence electrons. The number of allylic oxidation sites excluding steroid dienone is 1. The summed E-state index contributed by atoms with van der Waals surface area (Å²) in [4.78, 5) is 39.4. The Hall–Kier alpha value is -2.63. The fourth-order valence-corrected chi connectivity index (χ4v) is 13.2. The highest BCUT2D eigenvalue weighted by Crippen LogP contribution is 2.79. The van der Waals surface area contributed by atoms with E-state index < -0.39 is 5.41 Å². The molecule has 0 saturated heterocycles. The van der Waals surface area contributed by atoms with Crippen molar-refractivity contribution in [3.05, 3.63) is 48.0 Å². The minimum atomic E-state index is -0.516. The highest BCUT2D eigenvalue weighted by atomic mass is 16.5. The summed E-state index contributed by atoms with van der Waals surface area (Å²) in [7, 11) is 1.54. The molecule has 5 fully saturated rings. The zero-order valence-electron chi connectivity index (χ0n) is 29.3. The molecule has 5 aliphatic carbocycles. The number of carbonyl (C=O) groups is 3. The van der Waals surface area contributed by atoms with Gasteiger partial charge in [0.25, 0.3) is 0 Å². The number of methoxy groups -OCH3 is 1. The van der Waals surface area contributed by atoms with Gasteiger partial charge in [0.1, 0.15) is 6.10 Å². The Morgan fingerprint density at radius 3 is 2.26 bits per heavy atom. The Kier molecular flexibility index (Phi) is 8.33. The van der Waals surface area contributed by atoms with E-state index in [2.05, 4.69) is 41.2 Å². The van der Waals surface area contributed by atoms with Crippen molar-refractivity contribution in [3.8, 4) is 0 Å². The third kappa shape index (κ3) is 4.81. The van der Waals surface area contributed by atoms with Crippen molar-refractivity contribution in [3.63, 3.8) is 0 Å². The third-order valence-corrected chi connectivity index (χ3v) is 14.7. The average molecular weight is 633 g/mol. The number of benzene rings is 1. The Labute approximate surface area is 276 Å². The SMILES string of the molecule is C=C(C)[C@@H]1CC[C@]2(C(=O)OC)CC[C@]3(COC(=O)c4ccccc4)C(CCC4[C@@]5(C)CC[C@H](OC(C)=O)CC5C(C)(C)C[C@]43C)C12. The van der Waals surface area contributed by atoms with Gasteiger partial charge in [-0.2, -0.15) is 0 Å². The summed E-state index contributed by atoms with van der Waals surface area (Å²) < 4.78 is 17.9. The Morgan fingerprint density at radius 2 is 1.61 bits per heavy atom. The highest BCUT2D eigenvalue weighted by molar-refractivity contribution is 5.89. The Bertz CT molecular complexity index is 1380. The van der Waals surface area contributed by atoms with Crippen LogP contribution in [0.5, 0.6) is 0 Å². The van der Waals surface area contributed by atoms with Gasteiger partial charge in [-0.3, -0.25) is 9.59 Å². The molecule has 5 aliphatic rings. The minimum Gasteiger partial charge on any atom is -0.469 e. The summed E-state index contributed by atoms with van der Waals surface area (Å²) in [6.07, 6.45) is 9.28. The van der Waals surface area contributed by atoms with E-state index in [0.29, 0.717) is 24.0 Å². The largest absolute Gasteiger partial charge is 0.469 e. The maximum absolute atomic E-state index is 13.8. The first-order valence-corrected chi connectivity index (χ1v) is 17.8. The van der Waals surface area contributed by atoms with Crippen LogP contribution in [0.15, 0.2) is 42.5 Å². The average Bonchev–Trinajstić information content (AvgIpc) is 3.41. The molecule has 6 rings (SSSR count). The van der Waals surface area contributed by atoms with Crippen molar-refractivity contribution < 1.29 is 28.6 Å². The van der Waals surface area contributed by atoms with Crippen LogP contribution < -0.4 is 0 Å². The van der Waals surface area contributed by atoms with Crippen LogP contribution in [0, 0.1) is 56.7 Å². The molecule has 0 radical (unpaired) electrons. The first-order chi connectivity index (χ1) is 21.6. The molecule has 0 heterocycles. The van der Waals surface area contributed by atoms with Gasteiger partial charge in [0.05, 0.1) is 24.7 Å². The molecule has 0 amide bonds. The molecule has 6 heteroatoms. The Morgan fingerprint density at radius 1 is 0.891 bits per heavy atom. The normalized spacial score (nSPS) is 42.3. The predicted octanol–water partition coefficient (Wildman–Crippen LogP) is 8.59. The van der Waals surface area contributed by atoms with Crippen LogP contribution in [0.25, 0.3) is 0 Å². The molecule has 0 N–H and O–H groups in total. The number of fused-ring (bicyclic) bond motifs is 7. The van der Waals surface area contributed by atoms with E-state index in [9.17, 15) is 14.4 Å². The number of rotatable bonds is 6. The van der Waals surface area contributed by atoms with Crippen molar-refractivity contribution in [2.75, 3.05) is 13.7 Å². The van der Waals surface area contributed by atoms with Crippen LogP contribution >= 0.6 is 0 Å². The maximum Gasteiger partial charge on any atom is 0.338 e. The maximum atomic E-state index is 13.8. The summed E-state index contributed by atoms with van der Waals surface area (Å²) in [6, 6.07) is 9.34. The van der Waals surface area contributed by atoms with E-state index in [-0.39, 0.29) is 63.4 Å². The molecule has 46 heavy (non-hydrogen) atoms. The number of ether oxygens (including phenoxy) is 3. The molecule has 0 bridgehead atoms. The van der Waals surface area contributed by atoms with Crippen LogP contribution in [-0.4, -0.2) is 37.7 Å². The number of carbonyl (C=O) groups excluding carboxylic acids is 3. The summed E-state index contributed by atoms with van der Waals surface area (Å²) in [5.74, 6) is 0.897. The second-order valence-corrected chi connectivity index (χ2v) is 17.1. The van der Waals surface area contributed by atoms with E-state index in [1.807, 2.05) is 30.3 Å². The standard InChI is InChI=1S/C40H56O6/c1-25(2)29-17-19-39(35(43)44-8)20-21-40(24-45-34(42)27-12-10-9-11-13-27)30(33(29)39)14-15-31-37(6)18-16-28(46-26(3)41)22-32(37)36(4,5)23-38(31,40)7/h9-13,28-33H,1,14-24H2,2-8H3/t28-,29-,30?,31?,32?,33?,37+,38+,39-,40-/m0/s1. The van der Waals surface area contributed by atoms with Gasteiger partial charge >= 0.3 is 17.9 Å². The highest BCUT2D eigenvalue weighted by Gasteiger charge is 2.74. The van der Waals surface area contributed by atoms with Crippen LogP contribution in [0.1, 0.15) is 116 Å².